The molecule has 0 unspecified atom stereocenters. The van der Waals surface area contributed by atoms with Gasteiger partial charge in [-0.2, -0.15) is 4.31 Å². The lowest BCUT2D eigenvalue weighted by molar-refractivity contribution is -0.387. The highest BCUT2D eigenvalue weighted by Gasteiger charge is 2.55. The molecule has 2 heterocycles. The van der Waals surface area contributed by atoms with Crippen LogP contribution in [0.5, 0.6) is 0 Å². The van der Waals surface area contributed by atoms with Crippen molar-refractivity contribution in [1.82, 2.24) is 9.21 Å². The van der Waals surface area contributed by atoms with Crippen molar-refractivity contribution in [2.24, 2.45) is 5.11 Å². The van der Waals surface area contributed by atoms with Gasteiger partial charge in [0.05, 0.1) is 16.1 Å². The molecule has 0 radical (unpaired) electrons. The van der Waals surface area contributed by atoms with Gasteiger partial charge in [-0.15, -0.1) is 0 Å². The van der Waals surface area contributed by atoms with E-state index in [1.807, 2.05) is 54.6 Å². The first-order valence-electron chi connectivity index (χ1n) is 16.1. The Balaban J connectivity index is 1.24. The van der Waals surface area contributed by atoms with Crippen LogP contribution in [-0.4, -0.2) is 59.5 Å². The van der Waals surface area contributed by atoms with E-state index in [-0.39, 0.29) is 30.8 Å². The van der Waals surface area contributed by atoms with Gasteiger partial charge in [-0.05, 0) is 66.4 Å². The van der Waals surface area contributed by atoms with Gasteiger partial charge in [-0.25, -0.2) is 8.42 Å². The minimum absolute atomic E-state index is 0.174. The van der Waals surface area contributed by atoms with E-state index in [2.05, 4.69) is 21.9 Å². The average Bonchev–Trinajstić information content (AvgIpc) is 3.37. The third kappa shape index (κ3) is 6.73. The Morgan fingerprint density at radius 1 is 0.780 bits per heavy atom. The molecule has 3 atom stereocenters. The van der Waals surface area contributed by atoms with E-state index in [1.54, 1.807) is 24.3 Å². The first kappa shape index (κ1) is 34.1. The minimum Gasteiger partial charge on any atom is -0.274 e. The highest BCUT2D eigenvalue weighted by Crippen LogP contribution is 2.47. The molecule has 2 aliphatic heterocycles. The molecular formula is C37H32N6O6S. The lowest BCUT2D eigenvalue weighted by Crippen LogP contribution is -2.65. The second-order valence-electron chi connectivity index (χ2n) is 12.0. The summed E-state index contributed by atoms with van der Waals surface area (Å²) in [7, 11) is -4.41. The van der Waals surface area contributed by atoms with Crippen molar-refractivity contribution in [2.45, 2.75) is 48.6 Å². The standard InChI is InChI=1S/C37H32N6O6S/c38-40-39-25-33-35(28-22-20-27(21-23-28)19-18-26-11-3-1-4-12-26)32(42(33)50(48,49)34-17-9-8-15-31(34)43(46)47)16-5-2-10-24-41-36(44)29-13-6-7-14-30(29)37(41)45/h1,3-4,6-9,11-15,17,20-23,32-33,35H,2,5,10,16,24-25H2/t32-,33-,35-/m0/s1. The maximum atomic E-state index is 14.2. The fourth-order valence-electron chi connectivity index (χ4n) is 6.78. The van der Waals surface area contributed by atoms with Gasteiger partial charge in [0.1, 0.15) is 0 Å². The number of carbonyl (C=O) groups is 2. The van der Waals surface area contributed by atoms with Crippen molar-refractivity contribution < 1.29 is 22.9 Å². The molecule has 0 N–H and O–H groups in total. The number of hydrogen-bond donors (Lipinski definition) is 0. The first-order valence-corrected chi connectivity index (χ1v) is 17.6. The predicted octanol–water partition coefficient (Wildman–Crippen LogP) is 6.69. The molecule has 50 heavy (non-hydrogen) atoms. The lowest BCUT2D eigenvalue weighted by atomic mass is 9.75. The number of carbonyl (C=O) groups excluding carboxylic acids is 2. The zero-order valence-electron chi connectivity index (χ0n) is 26.8. The SMILES string of the molecule is [N-]=[N+]=NC[C@H]1[C@@H](c2ccc(C#Cc3ccccc3)cc2)[C@H](CCCCCN2C(=O)c3ccccc3C2=O)N1S(=O)(=O)c1ccccc1[N+](=O)[O-]. The van der Waals surface area contributed by atoms with E-state index in [9.17, 15) is 33.7 Å². The van der Waals surface area contributed by atoms with Crippen LogP contribution in [0.15, 0.2) is 113 Å². The molecule has 4 aromatic carbocycles. The number of para-hydroxylation sites is 1. The molecule has 6 rings (SSSR count). The van der Waals surface area contributed by atoms with Crippen LogP contribution in [0.1, 0.15) is 69.0 Å². The number of benzene rings is 4. The summed E-state index contributed by atoms with van der Waals surface area (Å²) < 4.78 is 29.7. The van der Waals surface area contributed by atoms with E-state index in [4.69, 9.17) is 0 Å². The van der Waals surface area contributed by atoms with Crippen LogP contribution in [0.4, 0.5) is 5.69 Å². The monoisotopic (exact) mass is 688 g/mol. The molecule has 1 fully saturated rings. The molecule has 2 amide bonds. The zero-order chi connectivity index (χ0) is 35.3. The van der Waals surface area contributed by atoms with E-state index < -0.39 is 37.6 Å². The molecular weight excluding hydrogens is 657 g/mol. The van der Waals surface area contributed by atoms with E-state index in [0.29, 0.717) is 36.8 Å². The molecule has 1 saturated heterocycles. The van der Waals surface area contributed by atoms with Crippen molar-refractivity contribution in [3.8, 4) is 11.8 Å². The van der Waals surface area contributed by atoms with Crippen molar-refractivity contribution in [3.05, 3.63) is 152 Å². The number of sulfonamides is 1. The molecule has 0 bridgehead atoms. The van der Waals surface area contributed by atoms with Gasteiger partial charge in [0.2, 0.25) is 10.0 Å². The van der Waals surface area contributed by atoms with Gasteiger partial charge < -0.3 is 0 Å². The minimum atomic E-state index is -4.41. The second-order valence-corrected chi connectivity index (χ2v) is 13.8. The Kier molecular flexibility index (Phi) is 10.1. The van der Waals surface area contributed by atoms with Crippen LogP contribution in [-0.2, 0) is 10.0 Å². The van der Waals surface area contributed by atoms with Crippen molar-refractivity contribution >= 4 is 27.5 Å². The summed E-state index contributed by atoms with van der Waals surface area (Å²) in [6.45, 7) is 0.0521. The second kappa shape index (κ2) is 14.8. The Morgan fingerprint density at radius 2 is 1.38 bits per heavy atom. The Hall–Kier alpha value is -5.80. The maximum absolute atomic E-state index is 14.2. The van der Waals surface area contributed by atoms with E-state index >= 15 is 0 Å². The molecule has 0 aliphatic carbocycles. The normalized spacial score (nSPS) is 18.4. The van der Waals surface area contributed by atoms with Gasteiger partial charge in [0.25, 0.3) is 17.5 Å². The summed E-state index contributed by atoms with van der Waals surface area (Å²) in [5.41, 5.74) is 11.9. The van der Waals surface area contributed by atoms with Crippen LogP contribution < -0.4 is 0 Å². The van der Waals surface area contributed by atoms with Crippen LogP contribution in [0, 0.1) is 22.0 Å². The summed E-state index contributed by atoms with van der Waals surface area (Å²) in [6.07, 6.45) is 2.03. The Bertz CT molecular complexity index is 2120. The fourth-order valence-corrected chi connectivity index (χ4v) is 8.81. The largest absolute Gasteiger partial charge is 0.289 e. The molecule has 0 aromatic heterocycles. The highest BCUT2D eigenvalue weighted by molar-refractivity contribution is 7.89. The number of fused-ring (bicyclic) bond motifs is 1. The number of imide groups is 1. The van der Waals surface area contributed by atoms with Crippen molar-refractivity contribution in [3.63, 3.8) is 0 Å². The van der Waals surface area contributed by atoms with Gasteiger partial charge in [-0.1, -0.05) is 84.4 Å². The molecule has 2 aliphatic rings. The third-order valence-corrected chi connectivity index (χ3v) is 11.1. The summed E-state index contributed by atoms with van der Waals surface area (Å²) in [5.74, 6) is 5.21. The summed E-state index contributed by atoms with van der Waals surface area (Å²) >= 11 is 0. The molecule has 0 saturated carbocycles. The van der Waals surface area contributed by atoms with Crippen LogP contribution in [0.3, 0.4) is 0 Å². The van der Waals surface area contributed by atoms with Crippen LogP contribution in [0.2, 0.25) is 0 Å². The number of nitro groups is 1. The first-order chi connectivity index (χ1) is 24.2. The Labute approximate surface area is 289 Å². The zero-order valence-corrected chi connectivity index (χ0v) is 27.6. The molecule has 4 aromatic rings. The molecule has 252 valence electrons. The van der Waals surface area contributed by atoms with Gasteiger partial charge >= 0.3 is 0 Å². The highest BCUT2D eigenvalue weighted by atomic mass is 32.2. The van der Waals surface area contributed by atoms with Gasteiger partial charge in [0.15, 0.2) is 4.90 Å². The van der Waals surface area contributed by atoms with Gasteiger partial charge in [0, 0.05) is 53.2 Å². The smallest absolute Gasteiger partial charge is 0.274 e. The number of hydrogen-bond acceptors (Lipinski definition) is 7. The van der Waals surface area contributed by atoms with E-state index in [1.165, 1.54) is 27.4 Å². The maximum Gasteiger partial charge on any atom is 0.289 e. The Morgan fingerprint density at radius 3 is 2.02 bits per heavy atom. The van der Waals surface area contributed by atoms with Crippen molar-refractivity contribution in [2.75, 3.05) is 13.1 Å². The number of amides is 2. The van der Waals surface area contributed by atoms with Gasteiger partial charge in [-0.3, -0.25) is 24.6 Å². The quantitative estimate of drug-likeness (QED) is 0.0235. The molecule has 12 nitrogen and oxygen atoms in total. The predicted molar refractivity (Wildman–Crippen MR) is 186 cm³/mol. The van der Waals surface area contributed by atoms with E-state index in [0.717, 1.165) is 22.8 Å². The summed E-state index contributed by atoms with van der Waals surface area (Å²) in [5, 5.41) is 15.6. The van der Waals surface area contributed by atoms with Crippen LogP contribution >= 0.6 is 0 Å². The number of nitrogens with zero attached hydrogens (tertiary/aromatic N) is 6. The third-order valence-electron chi connectivity index (χ3n) is 9.11. The fraction of sp³-hybridized carbons (Fsp3) is 0.243. The lowest BCUT2D eigenvalue weighted by Gasteiger charge is -2.54. The average molecular weight is 689 g/mol. The molecule has 13 heteroatoms. The van der Waals surface area contributed by atoms with Crippen molar-refractivity contribution in [1.29, 1.82) is 0 Å². The summed E-state index contributed by atoms with van der Waals surface area (Å²) in [6, 6.07) is 27.5. The summed E-state index contributed by atoms with van der Waals surface area (Å²) in [4.78, 5) is 40.4. The number of rotatable bonds is 12. The topological polar surface area (TPSA) is 167 Å². The molecule has 0 spiro atoms. The van der Waals surface area contributed by atoms with Crippen LogP contribution in [0.25, 0.3) is 10.4 Å². The number of nitro benzene ring substituents is 1. The number of azide groups is 1. The number of unbranched alkanes of at least 4 members (excludes halogenated alkanes) is 2.